The lowest BCUT2D eigenvalue weighted by molar-refractivity contribution is 0.0697. The molecule has 2 N–H and O–H groups in total. The molecule has 2 fully saturated rings. The highest BCUT2D eigenvalue weighted by Gasteiger charge is 2.48. The molecule has 0 radical (unpaired) electrons. The Balaban J connectivity index is 1.98. The maximum Gasteiger partial charge on any atom is 0.335 e. The van der Waals surface area contributed by atoms with E-state index in [2.05, 4.69) is 9.55 Å². The molecular weight excluding hydrogens is 256 g/mol. The van der Waals surface area contributed by atoms with Gasteiger partial charge in [-0.3, -0.25) is 0 Å². The third-order valence-electron chi connectivity index (χ3n) is 4.47. The molecule has 1 aromatic carbocycles. The summed E-state index contributed by atoms with van der Waals surface area (Å²) in [6.07, 6.45) is 4.14. The molecule has 2 aromatic rings. The molecule has 0 unspecified atom stereocenters. The van der Waals surface area contributed by atoms with Gasteiger partial charge >= 0.3 is 5.97 Å². The van der Waals surface area contributed by atoms with Gasteiger partial charge in [-0.15, -0.1) is 0 Å². The first-order valence-electron chi connectivity index (χ1n) is 7.02. The summed E-state index contributed by atoms with van der Waals surface area (Å²) < 4.78 is 2.12. The van der Waals surface area contributed by atoms with Crippen LogP contribution in [0, 0.1) is 0 Å². The van der Waals surface area contributed by atoms with E-state index < -0.39 is 5.97 Å². The van der Waals surface area contributed by atoms with Crippen molar-refractivity contribution in [2.24, 2.45) is 0 Å². The van der Waals surface area contributed by atoms with Crippen molar-refractivity contribution in [3.8, 4) is 0 Å². The summed E-state index contributed by atoms with van der Waals surface area (Å²) in [5, 5.41) is 18.9. The minimum Gasteiger partial charge on any atom is -0.478 e. The fourth-order valence-electron chi connectivity index (χ4n) is 2.94. The summed E-state index contributed by atoms with van der Waals surface area (Å²) in [5.41, 5.74) is 1.70. The average Bonchev–Trinajstić information content (AvgIpc) is 3.35. The van der Waals surface area contributed by atoms with Crippen LogP contribution in [0.1, 0.15) is 47.8 Å². The molecule has 2 saturated carbocycles. The molecule has 0 amide bonds. The van der Waals surface area contributed by atoms with E-state index in [9.17, 15) is 9.90 Å². The number of carbonyl (C=O) groups is 1. The second kappa shape index (κ2) is 3.82. The molecule has 20 heavy (non-hydrogen) atoms. The van der Waals surface area contributed by atoms with Gasteiger partial charge < -0.3 is 14.8 Å². The molecule has 0 bridgehead atoms. The molecule has 4 rings (SSSR count). The van der Waals surface area contributed by atoms with Crippen LogP contribution in [0.4, 0.5) is 0 Å². The quantitative estimate of drug-likeness (QED) is 0.893. The van der Waals surface area contributed by atoms with Crippen LogP contribution in [0.2, 0.25) is 0 Å². The SMILES string of the molecule is O=C(O)c1ccc2nc(C3CC3)n(C3(CO)CC3)c2c1. The van der Waals surface area contributed by atoms with Gasteiger partial charge in [0.15, 0.2) is 0 Å². The molecule has 0 atom stereocenters. The van der Waals surface area contributed by atoms with Crippen LogP contribution in [0.25, 0.3) is 11.0 Å². The fourth-order valence-corrected chi connectivity index (χ4v) is 2.94. The lowest BCUT2D eigenvalue weighted by atomic mass is 10.2. The summed E-state index contributed by atoms with van der Waals surface area (Å²) in [5.74, 6) is 0.565. The number of aromatic nitrogens is 2. The second-order valence-electron chi connectivity index (χ2n) is 5.97. The number of rotatable bonds is 4. The predicted molar refractivity (Wildman–Crippen MR) is 73.0 cm³/mol. The number of nitrogens with zero attached hydrogens (tertiary/aromatic N) is 2. The van der Waals surface area contributed by atoms with Crippen LogP contribution in [-0.2, 0) is 5.54 Å². The van der Waals surface area contributed by atoms with Gasteiger partial charge in [-0.1, -0.05) is 0 Å². The lowest BCUT2D eigenvalue weighted by Crippen LogP contribution is -2.23. The predicted octanol–water partition coefficient (Wildman–Crippen LogP) is 2.09. The molecule has 0 aliphatic heterocycles. The zero-order valence-corrected chi connectivity index (χ0v) is 11.0. The summed E-state index contributed by atoms with van der Waals surface area (Å²) in [7, 11) is 0. The largest absolute Gasteiger partial charge is 0.478 e. The number of aliphatic hydroxyl groups excluding tert-OH is 1. The minimum atomic E-state index is -0.929. The van der Waals surface area contributed by atoms with Gasteiger partial charge in [0, 0.05) is 5.92 Å². The first-order chi connectivity index (χ1) is 9.64. The minimum absolute atomic E-state index is 0.0927. The van der Waals surface area contributed by atoms with Crippen LogP contribution < -0.4 is 0 Å². The van der Waals surface area contributed by atoms with Gasteiger partial charge in [0.2, 0.25) is 0 Å². The van der Waals surface area contributed by atoms with Crippen LogP contribution in [0.15, 0.2) is 18.2 Å². The molecule has 2 aliphatic carbocycles. The Morgan fingerprint density at radius 3 is 2.70 bits per heavy atom. The van der Waals surface area contributed by atoms with E-state index in [0.717, 1.165) is 42.5 Å². The molecule has 2 aliphatic rings. The normalized spacial score (nSPS) is 20.2. The van der Waals surface area contributed by atoms with Gasteiger partial charge in [-0.25, -0.2) is 9.78 Å². The van der Waals surface area contributed by atoms with Crippen molar-refractivity contribution >= 4 is 17.0 Å². The third kappa shape index (κ3) is 1.59. The zero-order valence-electron chi connectivity index (χ0n) is 11.0. The summed E-state index contributed by atoms with van der Waals surface area (Å²) in [4.78, 5) is 15.9. The summed E-state index contributed by atoms with van der Waals surface area (Å²) >= 11 is 0. The molecule has 1 aromatic heterocycles. The highest BCUT2D eigenvalue weighted by Crippen LogP contribution is 2.50. The Hall–Kier alpha value is -1.88. The Kier molecular flexibility index (Phi) is 2.27. The van der Waals surface area contributed by atoms with Gasteiger partial charge in [-0.2, -0.15) is 0 Å². The monoisotopic (exact) mass is 272 g/mol. The number of imidazole rings is 1. The molecule has 104 valence electrons. The molecule has 5 nitrogen and oxygen atoms in total. The summed E-state index contributed by atoms with van der Waals surface area (Å²) in [6.45, 7) is 0.0927. The van der Waals surface area contributed by atoms with Crippen molar-refractivity contribution in [1.82, 2.24) is 9.55 Å². The van der Waals surface area contributed by atoms with E-state index in [1.807, 2.05) is 0 Å². The van der Waals surface area contributed by atoms with E-state index in [-0.39, 0.29) is 17.7 Å². The van der Waals surface area contributed by atoms with Crippen molar-refractivity contribution < 1.29 is 15.0 Å². The Morgan fingerprint density at radius 1 is 1.40 bits per heavy atom. The number of carboxylic acid groups (broad SMARTS) is 1. The standard InChI is InChI=1S/C15H16N2O3/c18-8-15(5-6-15)17-12-7-10(14(19)20)3-4-11(12)16-13(17)9-1-2-9/h3-4,7,9,18H,1-2,5-6,8H2,(H,19,20). The van der Waals surface area contributed by atoms with Crippen LogP contribution >= 0.6 is 0 Å². The van der Waals surface area contributed by atoms with E-state index in [0.29, 0.717) is 5.92 Å². The Labute approximate surface area is 115 Å². The van der Waals surface area contributed by atoms with Gasteiger partial charge in [0.25, 0.3) is 0 Å². The van der Waals surface area contributed by atoms with Crippen molar-refractivity contribution in [1.29, 1.82) is 0 Å². The number of carboxylic acids is 1. The fraction of sp³-hybridized carbons (Fsp3) is 0.467. The zero-order chi connectivity index (χ0) is 13.9. The number of hydrogen-bond donors (Lipinski definition) is 2. The van der Waals surface area contributed by atoms with Crippen molar-refractivity contribution in [3.63, 3.8) is 0 Å². The highest BCUT2D eigenvalue weighted by atomic mass is 16.4. The molecule has 1 heterocycles. The number of aliphatic hydroxyl groups is 1. The van der Waals surface area contributed by atoms with E-state index in [1.54, 1.807) is 18.2 Å². The number of aromatic carboxylic acids is 1. The van der Waals surface area contributed by atoms with Crippen molar-refractivity contribution in [2.45, 2.75) is 37.1 Å². The second-order valence-corrected chi connectivity index (χ2v) is 5.97. The molecular formula is C15H16N2O3. The number of fused-ring (bicyclic) bond motifs is 1. The maximum absolute atomic E-state index is 11.2. The summed E-state index contributed by atoms with van der Waals surface area (Å²) in [6, 6.07) is 5.05. The van der Waals surface area contributed by atoms with Crippen molar-refractivity contribution in [3.05, 3.63) is 29.6 Å². The van der Waals surface area contributed by atoms with Gasteiger partial charge in [0.05, 0.1) is 28.7 Å². The van der Waals surface area contributed by atoms with E-state index >= 15 is 0 Å². The van der Waals surface area contributed by atoms with Crippen LogP contribution in [-0.4, -0.2) is 32.3 Å². The van der Waals surface area contributed by atoms with E-state index in [4.69, 9.17) is 5.11 Å². The third-order valence-corrected chi connectivity index (χ3v) is 4.47. The van der Waals surface area contributed by atoms with Crippen LogP contribution in [0.5, 0.6) is 0 Å². The maximum atomic E-state index is 11.2. The molecule has 0 saturated heterocycles. The van der Waals surface area contributed by atoms with Crippen LogP contribution in [0.3, 0.4) is 0 Å². The number of benzene rings is 1. The highest BCUT2D eigenvalue weighted by molar-refractivity contribution is 5.92. The van der Waals surface area contributed by atoms with Gasteiger partial charge in [-0.05, 0) is 43.9 Å². The number of hydrogen-bond acceptors (Lipinski definition) is 3. The molecule has 0 spiro atoms. The van der Waals surface area contributed by atoms with Crippen molar-refractivity contribution in [2.75, 3.05) is 6.61 Å². The van der Waals surface area contributed by atoms with Gasteiger partial charge in [0.1, 0.15) is 5.82 Å². The Morgan fingerprint density at radius 2 is 2.15 bits per heavy atom. The Bertz CT molecular complexity index is 711. The lowest BCUT2D eigenvalue weighted by Gasteiger charge is -2.18. The molecule has 5 heteroatoms. The van der Waals surface area contributed by atoms with E-state index in [1.165, 1.54) is 0 Å². The first-order valence-corrected chi connectivity index (χ1v) is 7.02. The smallest absolute Gasteiger partial charge is 0.335 e. The average molecular weight is 272 g/mol. The first kappa shape index (κ1) is 11.9. The topological polar surface area (TPSA) is 75.3 Å².